The zero-order valence-electron chi connectivity index (χ0n) is 11.5. The van der Waals surface area contributed by atoms with Crippen LogP contribution in [0.5, 0.6) is 0 Å². The second kappa shape index (κ2) is 5.63. The molecular formula is C11H28N2O2P+. The minimum atomic E-state index is -3.02. The van der Waals surface area contributed by atoms with Gasteiger partial charge in [0.05, 0.1) is 27.2 Å². The van der Waals surface area contributed by atoms with Gasteiger partial charge in [0.2, 0.25) is 0 Å². The first-order valence-corrected chi connectivity index (χ1v) is 8.08. The zero-order chi connectivity index (χ0) is 13.1. The first-order chi connectivity index (χ1) is 6.93. The Morgan fingerprint density at radius 3 is 2.00 bits per heavy atom. The monoisotopic (exact) mass is 251 g/mol. The topological polar surface area (TPSA) is 63.3 Å². The first kappa shape index (κ1) is 16.1. The van der Waals surface area contributed by atoms with Gasteiger partial charge in [0.15, 0.2) is 7.37 Å². The Kier molecular flexibility index (Phi) is 5.67. The quantitative estimate of drug-likeness (QED) is 0.553. The summed E-state index contributed by atoms with van der Waals surface area (Å²) in [7, 11) is 3.24. The minimum absolute atomic E-state index is 0.208. The number of rotatable bonds is 6. The summed E-state index contributed by atoms with van der Waals surface area (Å²) in [6.07, 6.45) is 1.19. The standard InChI is InChI=1S/C11H27N2O2P/c1-9(2)7-11(13(3,4)5)10(12)8-16(6,14)15/h9-11H,7-8,12H2,1-6H3/p+1/t10-,11-/m0/s1. The molecule has 0 saturated carbocycles. The van der Waals surface area contributed by atoms with E-state index < -0.39 is 7.37 Å². The Morgan fingerprint density at radius 1 is 1.31 bits per heavy atom. The fourth-order valence-corrected chi connectivity index (χ4v) is 3.09. The molecule has 0 saturated heterocycles. The van der Waals surface area contributed by atoms with Gasteiger partial charge in [-0.3, -0.25) is 4.57 Å². The van der Waals surface area contributed by atoms with Gasteiger partial charge in [-0.05, 0) is 5.92 Å². The molecule has 0 heterocycles. The summed E-state index contributed by atoms with van der Waals surface area (Å²) in [6.45, 7) is 5.69. The van der Waals surface area contributed by atoms with Crippen molar-refractivity contribution >= 4 is 7.37 Å². The molecule has 0 fully saturated rings. The van der Waals surface area contributed by atoms with Gasteiger partial charge in [-0.1, -0.05) is 13.8 Å². The normalized spacial score (nSPS) is 20.6. The molecule has 0 radical (unpaired) electrons. The Morgan fingerprint density at radius 2 is 1.75 bits per heavy atom. The van der Waals surface area contributed by atoms with E-state index in [1.165, 1.54) is 6.66 Å². The van der Waals surface area contributed by atoms with Crippen molar-refractivity contribution in [3.63, 3.8) is 0 Å². The third-order valence-electron chi connectivity index (χ3n) is 2.75. The highest BCUT2D eigenvalue weighted by atomic mass is 31.2. The molecule has 0 rings (SSSR count). The summed E-state index contributed by atoms with van der Waals surface area (Å²) in [6, 6.07) is 0.00339. The molecule has 3 N–H and O–H groups in total. The van der Waals surface area contributed by atoms with Crippen molar-refractivity contribution in [1.82, 2.24) is 0 Å². The number of hydrogen-bond acceptors (Lipinski definition) is 2. The van der Waals surface area contributed by atoms with Crippen LogP contribution in [-0.2, 0) is 4.57 Å². The molecule has 0 aromatic heterocycles. The van der Waals surface area contributed by atoms with Crippen molar-refractivity contribution in [2.24, 2.45) is 11.7 Å². The van der Waals surface area contributed by atoms with E-state index in [0.29, 0.717) is 5.92 Å². The SMILES string of the molecule is CC(C)C[C@@H]([C@@H](N)CP(C)(=O)O)[N+](C)(C)C. The van der Waals surface area contributed by atoms with Gasteiger partial charge in [-0.15, -0.1) is 0 Å². The number of hydrogen-bond donors (Lipinski definition) is 2. The summed E-state index contributed by atoms with van der Waals surface area (Å²) in [5, 5.41) is 0. The highest BCUT2D eigenvalue weighted by molar-refractivity contribution is 7.57. The number of quaternary nitrogens is 1. The van der Waals surface area contributed by atoms with Crippen LogP contribution in [0.4, 0.5) is 0 Å². The Labute approximate surface area is 99.9 Å². The Balaban J connectivity index is 4.70. The lowest BCUT2D eigenvalue weighted by molar-refractivity contribution is -0.897. The zero-order valence-corrected chi connectivity index (χ0v) is 12.4. The van der Waals surface area contributed by atoms with Gasteiger partial charge in [-0.25, -0.2) is 0 Å². The minimum Gasteiger partial charge on any atom is -0.344 e. The van der Waals surface area contributed by atoms with Crippen LogP contribution in [0, 0.1) is 5.92 Å². The van der Waals surface area contributed by atoms with E-state index in [2.05, 4.69) is 35.0 Å². The van der Waals surface area contributed by atoms with Gasteiger partial charge in [0, 0.05) is 19.2 Å². The molecule has 0 spiro atoms. The number of likely N-dealkylation sites (N-methyl/N-ethyl adjacent to an activating group) is 1. The summed E-state index contributed by atoms with van der Waals surface area (Å²) in [4.78, 5) is 9.41. The van der Waals surface area contributed by atoms with Crippen molar-refractivity contribution < 1.29 is 13.9 Å². The molecule has 16 heavy (non-hydrogen) atoms. The molecule has 5 heteroatoms. The maximum Gasteiger partial charge on any atom is 0.199 e. The molecule has 0 aromatic rings. The first-order valence-electron chi connectivity index (χ1n) is 5.79. The van der Waals surface area contributed by atoms with Crippen LogP contribution in [0.25, 0.3) is 0 Å². The molecule has 0 aliphatic carbocycles. The van der Waals surface area contributed by atoms with Crippen LogP contribution in [0.15, 0.2) is 0 Å². The van der Waals surface area contributed by atoms with Gasteiger partial charge in [0.1, 0.15) is 6.04 Å². The summed E-state index contributed by atoms with van der Waals surface area (Å²) in [5.74, 6) is 0.545. The van der Waals surface area contributed by atoms with Gasteiger partial charge in [-0.2, -0.15) is 0 Å². The third-order valence-corrected chi connectivity index (χ3v) is 3.85. The van der Waals surface area contributed by atoms with E-state index in [1.54, 1.807) is 0 Å². The van der Waals surface area contributed by atoms with Crippen LogP contribution in [0.2, 0.25) is 0 Å². The number of nitrogens with zero attached hydrogens (tertiary/aromatic N) is 1. The lowest BCUT2D eigenvalue weighted by atomic mass is 9.96. The number of nitrogens with two attached hydrogens (primary N) is 1. The lowest BCUT2D eigenvalue weighted by Crippen LogP contribution is -2.56. The van der Waals surface area contributed by atoms with Crippen molar-refractivity contribution in [2.75, 3.05) is 34.0 Å². The molecule has 0 aliphatic heterocycles. The van der Waals surface area contributed by atoms with Crippen LogP contribution in [-0.4, -0.2) is 55.4 Å². The van der Waals surface area contributed by atoms with E-state index in [-0.39, 0.29) is 18.2 Å². The maximum atomic E-state index is 11.4. The molecule has 1 unspecified atom stereocenters. The van der Waals surface area contributed by atoms with Gasteiger partial charge >= 0.3 is 0 Å². The van der Waals surface area contributed by atoms with Crippen LogP contribution < -0.4 is 5.73 Å². The van der Waals surface area contributed by atoms with Crippen molar-refractivity contribution in [3.8, 4) is 0 Å². The molecule has 3 atom stereocenters. The fourth-order valence-electron chi connectivity index (χ4n) is 2.06. The van der Waals surface area contributed by atoms with Gasteiger partial charge in [0.25, 0.3) is 0 Å². The second-order valence-electron chi connectivity index (χ2n) is 6.21. The largest absolute Gasteiger partial charge is 0.344 e. The molecule has 98 valence electrons. The van der Waals surface area contributed by atoms with Crippen molar-refractivity contribution in [2.45, 2.75) is 32.4 Å². The molecule has 0 bridgehead atoms. The van der Waals surface area contributed by atoms with E-state index in [9.17, 15) is 9.46 Å². The average Bonchev–Trinajstić information content (AvgIpc) is 1.93. The fraction of sp³-hybridized carbons (Fsp3) is 1.00. The second-order valence-corrected chi connectivity index (χ2v) is 8.68. The Bertz CT molecular complexity index is 255. The van der Waals surface area contributed by atoms with E-state index in [0.717, 1.165) is 10.9 Å². The molecular weight excluding hydrogens is 223 g/mol. The molecule has 4 nitrogen and oxygen atoms in total. The molecule has 0 aromatic carbocycles. The lowest BCUT2D eigenvalue weighted by Gasteiger charge is -2.39. The molecule has 0 aliphatic rings. The predicted octanol–water partition coefficient (Wildman–Crippen LogP) is 1.33. The van der Waals surface area contributed by atoms with Crippen LogP contribution in [0.1, 0.15) is 20.3 Å². The highest BCUT2D eigenvalue weighted by Gasteiger charge is 2.33. The maximum absolute atomic E-state index is 11.4. The summed E-state index contributed by atoms with van der Waals surface area (Å²) in [5.41, 5.74) is 6.09. The predicted molar refractivity (Wildman–Crippen MR) is 69.9 cm³/mol. The summed E-state index contributed by atoms with van der Waals surface area (Å²) >= 11 is 0. The van der Waals surface area contributed by atoms with E-state index >= 15 is 0 Å². The van der Waals surface area contributed by atoms with Crippen molar-refractivity contribution in [3.05, 3.63) is 0 Å². The smallest absolute Gasteiger partial charge is 0.199 e. The third kappa shape index (κ3) is 6.64. The van der Waals surface area contributed by atoms with Crippen LogP contribution >= 0.6 is 7.37 Å². The average molecular weight is 251 g/mol. The van der Waals surface area contributed by atoms with Gasteiger partial charge < -0.3 is 15.1 Å². The summed E-state index contributed by atoms with van der Waals surface area (Å²) < 4.78 is 12.1. The van der Waals surface area contributed by atoms with Crippen LogP contribution in [0.3, 0.4) is 0 Å². The van der Waals surface area contributed by atoms with Crippen molar-refractivity contribution in [1.29, 1.82) is 0 Å². The van der Waals surface area contributed by atoms with E-state index in [4.69, 9.17) is 5.73 Å². The highest BCUT2D eigenvalue weighted by Crippen LogP contribution is 2.37. The molecule has 0 amide bonds. The Hall–Kier alpha value is 0.110. The van der Waals surface area contributed by atoms with E-state index in [1.807, 2.05) is 0 Å².